The molecule has 3 rings (SSSR count). The van der Waals surface area contributed by atoms with Crippen molar-refractivity contribution in [1.29, 1.82) is 0 Å². The molecule has 3 N–H and O–H groups in total. The Hall–Kier alpha value is -1.03. The highest BCUT2D eigenvalue weighted by Gasteiger charge is 2.44. The van der Waals surface area contributed by atoms with Gasteiger partial charge < -0.3 is 20.1 Å². The number of rotatable bonds is 2. The summed E-state index contributed by atoms with van der Waals surface area (Å²) in [6.07, 6.45) is -2.94. The lowest BCUT2D eigenvalue weighted by molar-refractivity contribution is -0.0511. The summed E-state index contributed by atoms with van der Waals surface area (Å²) < 4.78 is 6.78. The van der Waals surface area contributed by atoms with Crippen LogP contribution >= 0.6 is 23.2 Å². The maximum atomic E-state index is 9.98. The van der Waals surface area contributed by atoms with Crippen molar-refractivity contribution in [2.75, 3.05) is 6.61 Å². The summed E-state index contributed by atoms with van der Waals surface area (Å²) in [5.41, 5.74) is 0.568. The molecule has 10 heteroatoms. The fourth-order valence-electron chi connectivity index (χ4n) is 2.15. The van der Waals surface area contributed by atoms with Crippen LogP contribution in [0.2, 0.25) is 10.4 Å². The van der Waals surface area contributed by atoms with E-state index in [2.05, 4.69) is 15.0 Å². The van der Waals surface area contributed by atoms with Gasteiger partial charge in [0.25, 0.3) is 0 Å². The summed E-state index contributed by atoms with van der Waals surface area (Å²) in [7, 11) is 0. The fraction of sp³-hybridized carbons (Fsp3) is 0.500. The Balaban J connectivity index is 2.07. The van der Waals surface area contributed by atoms with Crippen LogP contribution in [0.5, 0.6) is 0 Å². The predicted octanol–water partition coefficient (Wildman–Crippen LogP) is -0.255. The first kappa shape index (κ1) is 13.9. The van der Waals surface area contributed by atoms with E-state index in [9.17, 15) is 10.2 Å². The second kappa shape index (κ2) is 5.06. The Labute approximate surface area is 122 Å². The Morgan fingerprint density at radius 3 is 2.65 bits per heavy atom. The molecule has 2 aromatic heterocycles. The third kappa shape index (κ3) is 2.05. The third-order valence-electron chi connectivity index (χ3n) is 3.14. The molecule has 0 amide bonds. The maximum absolute atomic E-state index is 9.98. The van der Waals surface area contributed by atoms with Crippen molar-refractivity contribution in [3.63, 3.8) is 0 Å². The van der Waals surface area contributed by atoms with Crippen LogP contribution in [0.1, 0.15) is 6.23 Å². The molecular formula is C10H10Cl2N4O4. The highest BCUT2D eigenvalue weighted by atomic mass is 35.5. The van der Waals surface area contributed by atoms with Gasteiger partial charge in [0, 0.05) is 0 Å². The minimum atomic E-state index is -1.24. The number of imidazole rings is 1. The van der Waals surface area contributed by atoms with Crippen LogP contribution < -0.4 is 0 Å². The van der Waals surface area contributed by atoms with Gasteiger partial charge in [-0.15, -0.1) is 0 Å². The molecule has 3 heterocycles. The zero-order chi connectivity index (χ0) is 14.4. The molecule has 1 aliphatic heterocycles. The fourth-order valence-corrected chi connectivity index (χ4v) is 2.57. The van der Waals surface area contributed by atoms with Crippen molar-refractivity contribution in [2.45, 2.75) is 24.5 Å². The predicted molar refractivity (Wildman–Crippen MR) is 68.4 cm³/mol. The van der Waals surface area contributed by atoms with Crippen LogP contribution in [0.3, 0.4) is 0 Å². The van der Waals surface area contributed by atoms with Crippen molar-refractivity contribution in [1.82, 2.24) is 19.5 Å². The molecule has 0 radical (unpaired) electrons. The van der Waals surface area contributed by atoms with E-state index in [1.54, 1.807) is 0 Å². The Morgan fingerprint density at radius 2 is 2.00 bits per heavy atom. The molecule has 0 aliphatic carbocycles. The Morgan fingerprint density at radius 1 is 1.25 bits per heavy atom. The molecule has 0 aromatic carbocycles. The normalized spacial score (nSPS) is 30.2. The van der Waals surface area contributed by atoms with Gasteiger partial charge in [-0.2, -0.15) is 4.98 Å². The molecular weight excluding hydrogens is 311 g/mol. The minimum Gasteiger partial charge on any atom is -0.394 e. The zero-order valence-corrected chi connectivity index (χ0v) is 11.4. The summed E-state index contributed by atoms with van der Waals surface area (Å²) in [4.78, 5) is 11.8. The lowest BCUT2D eigenvalue weighted by Crippen LogP contribution is -2.33. The lowest BCUT2D eigenvalue weighted by atomic mass is 10.1. The van der Waals surface area contributed by atoms with E-state index < -0.39 is 31.1 Å². The van der Waals surface area contributed by atoms with Crippen LogP contribution in [-0.2, 0) is 4.74 Å². The summed E-state index contributed by atoms with van der Waals surface area (Å²) >= 11 is 11.6. The largest absolute Gasteiger partial charge is 0.394 e. The van der Waals surface area contributed by atoms with Crippen molar-refractivity contribution in [3.8, 4) is 0 Å². The first-order valence-electron chi connectivity index (χ1n) is 5.71. The number of ether oxygens (including phenoxy) is 1. The minimum absolute atomic E-state index is 0.0732. The molecule has 1 saturated heterocycles. The second-order valence-corrected chi connectivity index (χ2v) is 5.03. The van der Waals surface area contributed by atoms with E-state index in [0.29, 0.717) is 5.52 Å². The molecule has 0 saturated carbocycles. The first-order valence-corrected chi connectivity index (χ1v) is 6.46. The standard InChI is InChI=1S/C10H10Cl2N4O4/c11-7-4-8(15-10(12)14-7)16(2-13-4)9-6(19)5(18)3(1-17)20-9/h2-3,5-6,9,17-19H,1H2/t3-,5-,6-,9-/m0/s1. The summed E-state index contributed by atoms with van der Waals surface area (Å²) in [6.45, 7) is -0.419. The summed E-state index contributed by atoms with van der Waals surface area (Å²) in [5.74, 6) is 0. The van der Waals surface area contributed by atoms with Crippen LogP contribution in [0, 0.1) is 0 Å². The van der Waals surface area contributed by atoms with E-state index in [-0.39, 0.29) is 16.1 Å². The van der Waals surface area contributed by atoms with E-state index in [1.165, 1.54) is 10.9 Å². The molecule has 1 fully saturated rings. The first-order chi connectivity index (χ1) is 9.52. The highest BCUT2D eigenvalue weighted by molar-refractivity contribution is 6.35. The van der Waals surface area contributed by atoms with Crippen molar-refractivity contribution in [2.24, 2.45) is 0 Å². The highest BCUT2D eigenvalue weighted by Crippen LogP contribution is 2.32. The smallest absolute Gasteiger partial charge is 0.225 e. The molecule has 0 unspecified atom stereocenters. The van der Waals surface area contributed by atoms with Gasteiger partial charge in [0.05, 0.1) is 12.9 Å². The van der Waals surface area contributed by atoms with E-state index >= 15 is 0 Å². The van der Waals surface area contributed by atoms with Gasteiger partial charge in [0.2, 0.25) is 5.28 Å². The Bertz CT molecular complexity index is 651. The van der Waals surface area contributed by atoms with Crippen LogP contribution in [0.25, 0.3) is 11.2 Å². The number of hydrogen-bond acceptors (Lipinski definition) is 7. The molecule has 0 spiro atoms. The van der Waals surface area contributed by atoms with E-state index in [4.69, 9.17) is 33.0 Å². The summed E-state index contributed by atoms with van der Waals surface area (Å²) in [5, 5.41) is 28.8. The average molecular weight is 321 g/mol. The molecule has 8 nitrogen and oxygen atoms in total. The molecule has 108 valence electrons. The van der Waals surface area contributed by atoms with Crippen LogP contribution in [0.4, 0.5) is 0 Å². The van der Waals surface area contributed by atoms with Gasteiger partial charge in [-0.05, 0) is 11.6 Å². The summed E-state index contributed by atoms with van der Waals surface area (Å²) in [6, 6.07) is 0. The topological polar surface area (TPSA) is 114 Å². The quantitative estimate of drug-likeness (QED) is 0.516. The number of fused-ring (bicyclic) bond motifs is 1. The third-order valence-corrected chi connectivity index (χ3v) is 3.58. The van der Waals surface area contributed by atoms with Gasteiger partial charge in [-0.25, -0.2) is 9.97 Å². The number of aromatic nitrogens is 4. The van der Waals surface area contributed by atoms with Gasteiger partial charge in [0.15, 0.2) is 17.0 Å². The molecule has 1 aliphatic rings. The van der Waals surface area contributed by atoms with Gasteiger partial charge in [0.1, 0.15) is 23.8 Å². The second-order valence-electron chi connectivity index (χ2n) is 4.34. The maximum Gasteiger partial charge on any atom is 0.225 e. The van der Waals surface area contributed by atoms with Gasteiger partial charge in [-0.3, -0.25) is 4.57 Å². The van der Waals surface area contributed by atoms with Crippen LogP contribution in [-0.4, -0.2) is 59.8 Å². The molecule has 2 aromatic rings. The molecule has 20 heavy (non-hydrogen) atoms. The van der Waals surface area contributed by atoms with Crippen molar-refractivity contribution < 1.29 is 20.1 Å². The molecule has 0 bridgehead atoms. The monoisotopic (exact) mass is 320 g/mol. The SMILES string of the molecule is OC[C@@H]1O[C@H](n2cnc3c(Cl)nc(Cl)nc32)[C@@H](O)[C@H]1O. The number of halogens is 2. The van der Waals surface area contributed by atoms with E-state index in [1.807, 2.05) is 0 Å². The van der Waals surface area contributed by atoms with Crippen molar-refractivity contribution in [3.05, 3.63) is 16.8 Å². The van der Waals surface area contributed by atoms with Gasteiger partial charge in [-0.1, -0.05) is 11.6 Å². The lowest BCUT2D eigenvalue weighted by Gasteiger charge is -2.16. The number of hydrogen-bond donors (Lipinski definition) is 3. The van der Waals surface area contributed by atoms with E-state index in [0.717, 1.165) is 0 Å². The number of aliphatic hydroxyl groups is 3. The Kier molecular flexibility index (Phi) is 3.53. The number of nitrogens with zero attached hydrogens (tertiary/aromatic N) is 4. The zero-order valence-electron chi connectivity index (χ0n) is 9.89. The van der Waals surface area contributed by atoms with Gasteiger partial charge >= 0.3 is 0 Å². The average Bonchev–Trinajstić information content (AvgIpc) is 2.93. The van der Waals surface area contributed by atoms with Crippen molar-refractivity contribution >= 4 is 34.4 Å². The number of aliphatic hydroxyl groups excluding tert-OH is 3. The molecule has 4 atom stereocenters. The van der Waals surface area contributed by atoms with Crippen LogP contribution in [0.15, 0.2) is 6.33 Å².